The monoisotopic (exact) mass is 365 g/mol. The molecule has 6 heteroatoms. The predicted molar refractivity (Wildman–Crippen MR) is 103 cm³/mol. The number of amides is 1. The van der Waals surface area contributed by atoms with Gasteiger partial charge < -0.3 is 15.4 Å². The summed E-state index contributed by atoms with van der Waals surface area (Å²) in [6.45, 7) is 0.655. The number of pyridine rings is 1. The minimum atomic E-state index is -0.321. The molecule has 0 aliphatic rings. The molecule has 0 saturated carbocycles. The highest BCUT2D eigenvalue weighted by molar-refractivity contribution is 5.91. The molecule has 0 radical (unpaired) electrons. The van der Waals surface area contributed by atoms with Crippen molar-refractivity contribution in [1.29, 1.82) is 0 Å². The van der Waals surface area contributed by atoms with Crippen molar-refractivity contribution in [2.75, 3.05) is 17.7 Å². The zero-order valence-corrected chi connectivity index (χ0v) is 14.9. The van der Waals surface area contributed by atoms with E-state index in [1.165, 1.54) is 12.1 Å². The van der Waals surface area contributed by atoms with Crippen LogP contribution in [0.1, 0.15) is 11.1 Å². The Hall–Kier alpha value is -3.41. The average molecular weight is 365 g/mol. The number of rotatable bonds is 7. The smallest absolute Gasteiger partial charge is 0.229 e. The Morgan fingerprint density at radius 1 is 1.00 bits per heavy atom. The van der Waals surface area contributed by atoms with Gasteiger partial charge in [0.1, 0.15) is 17.4 Å². The number of carbonyl (C=O) groups excluding carboxylic acids is 1. The number of hydrogen-bond acceptors (Lipinski definition) is 4. The molecule has 1 aromatic heterocycles. The second kappa shape index (κ2) is 8.80. The molecule has 0 aliphatic carbocycles. The number of nitrogens with one attached hydrogen (secondary N) is 2. The molecule has 27 heavy (non-hydrogen) atoms. The number of benzene rings is 2. The van der Waals surface area contributed by atoms with E-state index in [0.717, 1.165) is 22.6 Å². The number of ether oxygens (including phenoxy) is 1. The van der Waals surface area contributed by atoms with E-state index in [1.54, 1.807) is 31.5 Å². The lowest BCUT2D eigenvalue weighted by molar-refractivity contribution is -0.115. The van der Waals surface area contributed by atoms with Crippen molar-refractivity contribution in [1.82, 2.24) is 4.98 Å². The van der Waals surface area contributed by atoms with Crippen molar-refractivity contribution < 1.29 is 13.9 Å². The van der Waals surface area contributed by atoms with Gasteiger partial charge in [-0.25, -0.2) is 9.37 Å². The van der Waals surface area contributed by atoms with Gasteiger partial charge in [0.25, 0.3) is 0 Å². The molecule has 0 aliphatic heterocycles. The van der Waals surface area contributed by atoms with Gasteiger partial charge in [0.05, 0.1) is 25.4 Å². The van der Waals surface area contributed by atoms with Gasteiger partial charge in [-0.1, -0.05) is 24.3 Å². The number of anilines is 2. The molecule has 2 N–H and O–H groups in total. The maximum Gasteiger partial charge on any atom is 0.229 e. The van der Waals surface area contributed by atoms with E-state index in [1.807, 2.05) is 30.3 Å². The third kappa shape index (κ3) is 5.54. The summed E-state index contributed by atoms with van der Waals surface area (Å²) in [5, 5.41) is 6.01. The number of carbonyl (C=O) groups is 1. The third-order valence-corrected chi connectivity index (χ3v) is 3.96. The molecule has 1 heterocycles. The van der Waals surface area contributed by atoms with Crippen LogP contribution in [0.4, 0.5) is 15.9 Å². The molecule has 0 bridgehead atoms. The molecule has 3 aromatic rings. The number of methoxy groups -OCH3 is 1. The van der Waals surface area contributed by atoms with Crippen molar-refractivity contribution in [2.45, 2.75) is 13.0 Å². The third-order valence-electron chi connectivity index (χ3n) is 3.96. The van der Waals surface area contributed by atoms with Crippen LogP contribution in [0.3, 0.4) is 0 Å². The molecule has 138 valence electrons. The lowest BCUT2D eigenvalue weighted by Crippen LogP contribution is -2.15. The Kier molecular flexibility index (Phi) is 5.99. The quantitative estimate of drug-likeness (QED) is 0.664. The zero-order chi connectivity index (χ0) is 19.1. The van der Waals surface area contributed by atoms with Gasteiger partial charge >= 0.3 is 0 Å². The molecule has 5 nitrogen and oxygen atoms in total. The number of aromatic nitrogens is 1. The van der Waals surface area contributed by atoms with Crippen LogP contribution in [-0.2, 0) is 17.8 Å². The molecular formula is C21H20FN3O2. The first kappa shape index (κ1) is 18.4. The van der Waals surface area contributed by atoms with Crippen molar-refractivity contribution in [2.24, 2.45) is 0 Å². The topological polar surface area (TPSA) is 63.2 Å². The summed E-state index contributed by atoms with van der Waals surface area (Å²) < 4.78 is 18.0. The number of halogens is 1. The SMILES string of the molecule is COc1ccc(CNc2ccc(NC(=O)Cc3ccc(F)cc3)nc2)cc1. The molecule has 1 amide bonds. The molecule has 0 saturated heterocycles. The summed E-state index contributed by atoms with van der Waals surface area (Å²) in [6.07, 6.45) is 1.83. The van der Waals surface area contributed by atoms with Gasteiger partial charge in [0.15, 0.2) is 0 Å². The summed E-state index contributed by atoms with van der Waals surface area (Å²) in [5.41, 5.74) is 2.71. The maximum absolute atomic E-state index is 12.9. The van der Waals surface area contributed by atoms with Crippen LogP contribution >= 0.6 is 0 Å². The van der Waals surface area contributed by atoms with Gasteiger partial charge in [-0.3, -0.25) is 4.79 Å². The summed E-state index contributed by atoms with van der Waals surface area (Å²) in [6, 6.07) is 17.2. The van der Waals surface area contributed by atoms with Crippen LogP contribution in [0.2, 0.25) is 0 Å². The van der Waals surface area contributed by atoms with E-state index >= 15 is 0 Å². The van der Waals surface area contributed by atoms with Crippen molar-refractivity contribution in [3.05, 3.63) is 83.8 Å². The standard InChI is InChI=1S/C21H20FN3O2/c1-27-19-9-4-16(5-10-19)13-23-18-8-11-20(24-14-18)25-21(26)12-15-2-6-17(22)7-3-15/h2-11,14,23H,12-13H2,1H3,(H,24,25,26). The lowest BCUT2D eigenvalue weighted by atomic mass is 10.1. The van der Waals surface area contributed by atoms with E-state index in [0.29, 0.717) is 12.4 Å². The summed E-state index contributed by atoms with van der Waals surface area (Å²) in [5.74, 6) is 0.768. The van der Waals surface area contributed by atoms with Crippen molar-refractivity contribution >= 4 is 17.4 Å². The molecule has 0 fully saturated rings. The lowest BCUT2D eigenvalue weighted by Gasteiger charge is -2.09. The average Bonchev–Trinajstić information content (AvgIpc) is 2.69. The van der Waals surface area contributed by atoms with E-state index < -0.39 is 0 Å². The first-order valence-electron chi connectivity index (χ1n) is 8.49. The molecule has 2 aromatic carbocycles. The van der Waals surface area contributed by atoms with Gasteiger partial charge in [-0.05, 0) is 47.5 Å². The first-order valence-corrected chi connectivity index (χ1v) is 8.49. The van der Waals surface area contributed by atoms with E-state index in [-0.39, 0.29) is 18.1 Å². The Morgan fingerprint density at radius 3 is 2.33 bits per heavy atom. The number of nitrogens with zero attached hydrogens (tertiary/aromatic N) is 1. The molecule has 0 unspecified atom stereocenters. The molecule has 0 spiro atoms. The highest BCUT2D eigenvalue weighted by Crippen LogP contribution is 2.14. The Morgan fingerprint density at radius 2 is 1.70 bits per heavy atom. The summed E-state index contributed by atoms with van der Waals surface area (Å²) >= 11 is 0. The first-order chi connectivity index (χ1) is 13.1. The fourth-order valence-electron chi connectivity index (χ4n) is 2.49. The fourth-order valence-corrected chi connectivity index (χ4v) is 2.49. The second-order valence-electron chi connectivity index (χ2n) is 5.99. The van der Waals surface area contributed by atoms with Crippen LogP contribution in [0.5, 0.6) is 5.75 Å². The maximum atomic E-state index is 12.9. The van der Waals surface area contributed by atoms with E-state index in [4.69, 9.17) is 4.74 Å². The van der Waals surface area contributed by atoms with Crippen LogP contribution in [0.15, 0.2) is 66.9 Å². The van der Waals surface area contributed by atoms with Gasteiger partial charge in [0, 0.05) is 6.54 Å². The van der Waals surface area contributed by atoms with Crippen LogP contribution in [0.25, 0.3) is 0 Å². The Labute approximate surface area is 157 Å². The molecule has 0 atom stereocenters. The van der Waals surface area contributed by atoms with E-state index in [9.17, 15) is 9.18 Å². The normalized spacial score (nSPS) is 10.3. The van der Waals surface area contributed by atoms with Crippen molar-refractivity contribution in [3.8, 4) is 5.75 Å². The highest BCUT2D eigenvalue weighted by atomic mass is 19.1. The van der Waals surface area contributed by atoms with Crippen molar-refractivity contribution in [3.63, 3.8) is 0 Å². The van der Waals surface area contributed by atoms with Crippen LogP contribution in [-0.4, -0.2) is 18.0 Å². The fraction of sp³-hybridized carbons (Fsp3) is 0.143. The minimum Gasteiger partial charge on any atom is -0.497 e. The minimum absolute atomic E-state index is 0.166. The van der Waals surface area contributed by atoms with Gasteiger partial charge in [-0.15, -0.1) is 0 Å². The highest BCUT2D eigenvalue weighted by Gasteiger charge is 2.05. The number of hydrogen-bond donors (Lipinski definition) is 2. The Balaban J connectivity index is 1.50. The Bertz CT molecular complexity index is 879. The van der Waals surface area contributed by atoms with Gasteiger partial charge in [-0.2, -0.15) is 0 Å². The van der Waals surface area contributed by atoms with Gasteiger partial charge in [0.2, 0.25) is 5.91 Å². The summed E-state index contributed by atoms with van der Waals surface area (Å²) in [7, 11) is 1.64. The summed E-state index contributed by atoms with van der Waals surface area (Å²) in [4.78, 5) is 16.3. The largest absolute Gasteiger partial charge is 0.497 e. The van der Waals surface area contributed by atoms with Crippen LogP contribution < -0.4 is 15.4 Å². The second-order valence-corrected chi connectivity index (χ2v) is 5.99. The predicted octanol–water partition coefficient (Wildman–Crippen LogP) is 4.02. The zero-order valence-electron chi connectivity index (χ0n) is 14.9. The van der Waals surface area contributed by atoms with E-state index in [2.05, 4.69) is 15.6 Å². The van der Waals surface area contributed by atoms with Crippen LogP contribution in [0, 0.1) is 5.82 Å². The molecule has 3 rings (SSSR count). The molecular weight excluding hydrogens is 345 g/mol.